The van der Waals surface area contributed by atoms with Crippen molar-refractivity contribution in [3.63, 3.8) is 0 Å². The summed E-state index contributed by atoms with van der Waals surface area (Å²) in [4.78, 5) is 128. The summed E-state index contributed by atoms with van der Waals surface area (Å²) in [6, 6.07) is 2.65. The average molecular weight is 1360 g/mol. The number of fused-ring (bicyclic) bond motifs is 7. The van der Waals surface area contributed by atoms with E-state index in [1.165, 1.54) is 17.8 Å². The first-order chi connectivity index (χ1) is 42.8. The maximum atomic E-state index is 14.4. The number of aliphatic hydroxyl groups excluding tert-OH is 2. The molecule has 7 amide bonds. The van der Waals surface area contributed by atoms with E-state index < -0.39 is 143 Å². The molecule has 5 unspecified atom stereocenters. The van der Waals surface area contributed by atoms with Crippen molar-refractivity contribution in [2.45, 2.75) is 189 Å². The Balaban J connectivity index is 0.00000453. The van der Waals surface area contributed by atoms with Gasteiger partial charge >= 0.3 is 16.8 Å². The second kappa shape index (κ2) is 28.5. The summed E-state index contributed by atoms with van der Waals surface area (Å²) < 4.78 is 31.9. The van der Waals surface area contributed by atoms with Crippen molar-refractivity contribution in [2.24, 2.45) is 94.7 Å². The quantitative estimate of drug-likeness (QED) is 0.0481. The first kappa shape index (κ1) is 75.0. The Labute approximate surface area is 551 Å². The van der Waals surface area contributed by atoms with Crippen LogP contribution in [-0.4, -0.2) is 127 Å². The molecule has 28 nitrogen and oxygen atoms in total. The summed E-state index contributed by atoms with van der Waals surface area (Å²) in [7, 11) is -5.32. The minimum Gasteiger partial charge on any atom is -0.756 e. The largest absolute Gasteiger partial charge is 3.00 e. The third kappa shape index (κ3) is 14.6. The summed E-state index contributed by atoms with van der Waals surface area (Å²) in [5.41, 5.74) is 36.7. The molecule has 8 bridgehead atoms. The number of carbonyl (C=O) groups excluding carboxylic acids is 7. The van der Waals surface area contributed by atoms with Gasteiger partial charge in [0.2, 0.25) is 41.4 Å². The summed E-state index contributed by atoms with van der Waals surface area (Å²) in [6.45, 7) is 23.7. The average Bonchev–Trinajstić information content (AvgIpc) is 1.53. The fourth-order valence-corrected chi connectivity index (χ4v) is 16.4. The van der Waals surface area contributed by atoms with Crippen LogP contribution in [0.3, 0.4) is 0 Å². The zero-order valence-electron chi connectivity index (χ0n) is 54.4. The topological polar surface area (TPSA) is 489 Å². The molecule has 0 spiro atoms. The number of aromatic nitrogens is 2. The van der Waals surface area contributed by atoms with Gasteiger partial charge in [0, 0.05) is 108 Å². The van der Waals surface area contributed by atoms with Gasteiger partial charge in [0.05, 0.1) is 41.3 Å². The van der Waals surface area contributed by atoms with E-state index in [0.29, 0.717) is 56.4 Å². The summed E-state index contributed by atoms with van der Waals surface area (Å²) in [5.74, 6) is -7.40. The van der Waals surface area contributed by atoms with Gasteiger partial charge in [0.1, 0.15) is 18.3 Å². The predicted molar refractivity (Wildman–Crippen MR) is 337 cm³/mol. The number of nitrogens with one attached hydrogen (secondary N) is 1. The number of hydrogen-bond acceptors (Lipinski definition) is 19. The van der Waals surface area contributed by atoms with Crippen LogP contribution < -0.4 is 44.6 Å². The van der Waals surface area contributed by atoms with Crippen molar-refractivity contribution < 1.29 is 83.8 Å². The third-order valence-electron chi connectivity index (χ3n) is 20.5. The van der Waals surface area contributed by atoms with E-state index in [-0.39, 0.29) is 94.0 Å². The van der Waals surface area contributed by atoms with Crippen molar-refractivity contribution in [3.05, 3.63) is 75.8 Å². The fraction of sp³-hybridized carbons (Fsp3) is 0.619. The third-order valence-corrected chi connectivity index (χ3v) is 21.6. The van der Waals surface area contributed by atoms with Crippen LogP contribution in [0.15, 0.2) is 67.8 Å². The molecule has 0 aliphatic carbocycles. The SMILES string of the molecule is C/C1=C2/[N-][C@H]([C@H](CC(N)=O)[C@@]2(C)CCC(=O)NC[C@@H](C)OP(=O)([O-])OC2C(CO)OC(n3cnc4cc(C)c(C)cc43)C2O)[C@]2(C)N=C(/C(C)=C3N=C(/C=C4N=C1[C@@H](CCC(N)=O)C\4(C)C)[C@@H](CCC(N)=O)[C@]\3(C)CC(N)=O)[C@@H](CCC(N)=O)[C@]2(C)CC(N)=O.[C-]#N.[Co+3]. The van der Waals surface area contributed by atoms with Gasteiger partial charge in [-0.15, -0.1) is 0 Å². The first-order valence-corrected chi connectivity index (χ1v) is 32.2. The molecule has 6 aliphatic heterocycles. The number of aryl methyl sites for hydroxylation is 2. The molecule has 2 saturated heterocycles. The van der Waals surface area contributed by atoms with Gasteiger partial charge < -0.3 is 90.3 Å². The number of hydrogen-bond donors (Lipinski definition) is 9. The van der Waals surface area contributed by atoms with Gasteiger partial charge in [-0.05, 0) is 119 Å². The molecule has 7 heterocycles. The van der Waals surface area contributed by atoms with E-state index in [4.69, 9.17) is 80.3 Å². The number of ether oxygens (including phenoxy) is 1. The number of phosphoric acid groups is 1. The number of rotatable bonds is 26. The number of imidazole rings is 1. The van der Waals surface area contributed by atoms with Gasteiger partial charge in [-0.1, -0.05) is 40.7 Å². The molecular weight excluding hydrogens is 1270 g/mol. The van der Waals surface area contributed by atoms with Gasteiger partial charge in [0.25, 0.3) is 7.82 Å². The fourth-order valence-electron chi connectivity index (χ4n) is 15.3. The molecule has 2 fully saturated rings. The molecule has 0 radical (unpaired) electrons. The number of phosphoric ester groups is 1. The Morgan fingerprint density at radius 2 is 1.39 bits per heavy atom. The number of allylic oxidation sites excluding steroid dienone is 6. The van der Waals surface area contributed by atoms with Crippen molar-refractivity contribution in [2.75, 3.05) is 13.2 Å². The van der Waals surface area contributed by atoms with Crippen molar-refractivity contribution in [1.82, 2.24) is 14.9 Å². The van der Waals surface area contributed by atoms with Crippen LogP contribution in [0.2, 0.25) is 0 Å². The molecule has 8 rings (SSSR count). The Morgan fingerprint density at radius 1 is 0.806 bits per heavy atom. The minimum atomic E-state index is -5.32. The molecule has 15 atom stereocenters. The van der Waals surface area contributed by atoms with Gasteiger partial charge in [0.15, 0.2) is 6.23 Å². The van der Waals surface area contributed by atoms with Crippen LogP contribution in [0.1, 0.15) is 150 Å². The van der Waals surface area contributed by atoms with E-state index in [2.05, 4.69) is 10.3 Å². The number of aliphatic imine (C=N–C) groups is 3. The zero-order valence-corrected chi connectivity index (χ0v) is 56.4. The monoisotopic (exact) mass is 1350 g/mol. The standard InChI is InChI=1S/C62H90N13O14P.CN.Co/c1-29-20-39-40(21-30(29)2)75(28-70-39)57-52(84)53(41(27-76)87-57)89-90(85,86)88-31(3)26-69-49(83)18-19-59(8)37(22-46(66)80)56-62(11)61(10,25-48(68)82)36(14-17-45(65)79)51(74-62)33(5)55-60(9,24-47(67)81)34(12-15-43(63)77)38(71-55)23-42-58(6,7)35(13-16-44(64)78)50(72-42)32(4)54(59)73-56;1-2;/h20-21,23,28,31,34-37,41,52-53,56-57,76,84H,12-19,22,24-27H2,1-11H3,(H15,63,64,65,66,67,68,69,71,72,73,74,77,78,79,80,81,82,83,85,86);;/q;-1;+3/p-2/t31-,34-,35-,36-,37+,41?,52?,53?,56-,57?,59-,60+,61+,62+;;/m1../s1. The van der Waals surface area contributed by atoms with Crippen LogP contribution in [0.4, 0.5) is 0 Å². The number of amides is 7. The molecule has 2 aromatic rings. The van der Waals surface area contributed by atoms with E-state index >= 15 is 0 Å². The van der Waals surface area contributed by atoms with Crippen LogP contribution in [0, 0.1) is 71.0 Å². The molecule has 1 aromatic carbocycles. The van der Waals surface area contributed by atoms with E-state index in [9.17, 15) is 53.2 Å². The van der Waals surface area contributed by atoms with Crippen molar-refractivity contribution in [3.8, 4) is 0 Å². The summed E-state index contributed by atoms with van der Waals surface area (Å²) in [6.07, 6.45) is -4.79. The molecule has 93 heavy (non-hydrogen) atoms. The van der Waals surface area contributed by atoms with Crippen LogP contribution in [-0.2, 0) is 68.7 Å². The second-order valence-electron chi connectivity index (χ2n) is 27.0. The maximum absolute atomic E-state index is 14.4. The molecule has 508 valence electrons. The molecule has 1 aromatic heterocycles. The Morgan fingerprint density at radius 3 is 1.96 bits per heavy atom. The van der Waals surface area contributed by atoms with Crippen molar-refractivity contribution >= 4 is 77.3 Å². The van der Waals surface area contributed by atoms with E-state index in [1.807, 2.05) is 80.5 Å². The summed E-state index contributed by atoms with van der Waals surface area (Å²) >= 11 is 0. The number of nitrogens with zero attached hydrogens (tertiary/aromatic N) is 7. The van der Waals surface area contributed by atoms with Crippen LogP contribution in [0.5, 0.6) is 0 Å². The number of benzene rings is 1. The van der Waals surface area contributed by atoms with Gasteiger partial charge in [-0.2, -0.15) is 5.70 Å². The van der Waals surface area contributed by atoms with Crippen LogP contribution >= 0.6 is 7.82 Å². The normalized spacial score (nSPS) is 33.1. The number of carbonyl (C=O) groups is 7. The number of nitrogens with two attached hydrogens (primary N) is 6. The molecule has 0 saturated carbocycles. The first-order valence-electron chi connectivity index (χ1n) is 30.7. The zero-order chi connectivity index (χ0) is 68.7. The van der Waals surface area contributed by atoms with Crippen LogP contribution in [0.25, 0.3) is 16.4 Å². The van der Waals surface area contributed by atoms with E-state index in [1.54, 1.807) is 6.92 Å². The number of aliphatic hydroxyl groups is 2. The molecule has 6 aliphatic rings. The Kier molecular flexibility index (Phi) is 23.0. The predicted octanol–water partition coefficient (Wildman–Crippen LogP) is 3.41. The van der Waals surface area contributed by atoms with Gasteiger partial charge in [-0.3, -0.25) is 53.1 Å². The Bertz CT molecular complexity index is 3600. The van der Waals surface area contributed by atoms with Gasteiger partial charge in [-0.25, -0.2) is 4.98 Å². The minimum absolute atomic E-state index is 0. The molecule has 15 N–H and O–H groups in total. The molecule has 30 heteroatoms. The van der Waals surface area contributed by atoms with E-state index in [0.717, 1.165) is 11.1 Å². The Hall–Kier alpha value is -7.00. The van der Waals surface area contributed by atoms with Crippen molar-refractivity contribution in [1.29, 1.82) is 5.26 Å². The maximum Gasteiger partial charge on any atom is 3.00 e. The second-order valence-corrected chi connectivity index (χ2v) is 28.3. The number of primary amides is 6. The smallest absolute Gasteiger partial charge is 0.756 e. The summed E-state index contributed by atoms with van der Waals surface area (Å²) in [5, 5.41) is 36.4. The molecular formula is C63H88CoN14O14P.